The van der Waals surface area contributed by atoms with Gasteiger partial charge in [0.25, 0.3) is 0 Å². The quantitative estimate of drug-likeness (QED) is 0.515. The molecule has 0 aromatic heterocycles. The minimum absolute atomic E-state index is 0.262. The van der Waals surface area contributed by atoms with Crippen LogP contribution >= 0.6 is 0 Å². The lowest BCUT2D eigenvalue weighted by Crippen LogP contribution is -2.31. The lowest BCUT2D eigenvalue weighted by molar-refractivity contribution is -0.192. The second kappa shape index (κ2) is 13.0. The highest BCUT2D eigenvalue weighted by Gasteiger charge is 2.38. The molecule has 2 aromatic carbocycles. The van der Waals surface area contributed by atoms with Gasteiger partial charge < -0.3 is 20.9 Å². The highest BCUT2D eigenvalue weighted by atomic mass is 19.4. The van der Waals surface area contributed by atoms with Crippen LogP contribution in [0.5, 0.6) is 5.75 Å². The third-order valence-corrected chi connectivity index (χ3v) is 4.66. The summed E-state index contributed by atoms with van der Waals surface area (Å²) in [5.41, 5.74) is 8.53. The Kier molecular flexibility index (Phi) is 11.1. The van der Waals surface area contributed by atoms with Gasteiger partial charge in [-0.05, 0) is 49.1 Å². The molecule has 2 atom stereocenters. The van der Waals surface area contributed by atoms with Gasteiger partial charge in [0.15, 0.2) is 0 Å². The van der Waals surface area contributed by atoms with Crippen LogP contribution in [0.15, 0.2) is 54.6 Å². The summed E-state index contributed by atoms with van der Waals surface area (Å²) in [5, 5.41) is 10.7. The number of ether oxygens (including phenoxy) is 1. The van der Waals surface area contributed by atoms with Gasteiger partial charge in [0.05, 0.1) is 0 Å². The zero-order chi connectivity index (χ0) is 23.4. The van der Waals surface area contributed by atoms with E-state index < -0.39 is 12.1 Å². The summed E-state index contributed by atoms with van der Waals surface area (Å²) in [6.45, 7) is 8.05. The van der Waals surface area contributed by atoms with E-state index in [-0.39, 0.29) is 6.04 Å². The lowest BCUT2D eigenvalue weighted by atomic mass is 10.0. The molecule has 1 unspecified atom stereocenters. The molecule has 2 rings (SSSR count). The summed E-state index contributed by atoms with van der Waals surface area (Å²) in [6.07, 6.45) is -4.08. The van der Waals surface area contributed by atoms with Crippen LogP contribution in [0.4, 0.5) is 13.2 Å². The summed E-state index contributed by atoms with van der Waals surface area (Å²) in [5.74, 6) is -1.33. The van der Waals surface area contributed by atoms with E-state index in [9.17, 15) is 13.2 Å². The molecule has 8 heteroatoms. The largest absolute Gasteiger partial charge is 0.490 e. The molecule has 5 nitrogen and oxygen atoms in total. The number of benzene rings is 2. The summed E-state index contributed by atoms with van der Waals surface area (Å²) >= 11 is 0. The zero-order valence-corrected chi connectivity index (χ0v) is 18.0. The zero-order valence-electron chi connectivity index (χ0n) is 18.0. The number of alkyl halides is 3. The Morgan fingerprint density at radius 2 is 1.61 bits per heavy atom. The Balaban J connectivity index is 0.000000592. The summed E-state index contributed by atoms with van der Waals surface area (Å²) in [4.78, 5) is 8.90. The first-order valence-corrected chi connectivity index (χ1v) is 10.1. The van der Waals surface area contributed by atoms with E-state index in [1.165, 1.54) is 11.1 Å². The van der Waals surface area contributed by atoms with E-state index in [1.807, 2.05) is 30.3 Å². The van der Waals surface area contributed by atoms with E-state index in [1.54, 1.807) is 0 Å². The maximum Gasteiger partial charge on any atom is 0.490 e. The Morgan fingerprint density at radius 1 is 1.06 bits per heavy atom. The van der Waals surface area contributed by atoms with Crippen molar-refractivity contribution in [2.75, 3.05) is 6.54 Å². The number of nitrogens with two attached hydrogens (primary N) is 1. The van der Waals surface area contributed by atoms with E-state index in [0.29, 0.717) is 18.6 Å². The number of hydrogen-bond donors (Lipinski definition) is 3. The van der Waals surface area contributed by atoms with Gasteiger partial charge in [0.1, 0.15) is 12.4 Å². The van der Waals surface area contributed by atoms with Gasteiger partial charge in [0, 0.05) is 12.1 Å². The maximum atomic E-state index is 10.6. The van der Waals surface area contributed by atoms with Crippen molar-refractivity contribution < 1.29 is 27.8 Å². The minimum Gasteiger partial charge on any atom is -0.489 e. The van der Waals surface area contributed by atoms with Crippen molar-refractivity contribution in [3.05, 3.63) is 65.7 Å². The first kappa shape index (κ1) is 26.5. The van der Waals surface area contributed by atoms with Crippen molar-refractivity contribution in [1.29, 1.82) is 0 Å². The summed E-state index contributed by atoms with van der Waals surface area (Å²) in [6, 6.07) is 19.1. The van der Waals surface area contributed by atoms with E-state index in [4.69, 9.17) is 20.4 Å². The van der Waals surface area contributed by atoms with Crippen LogP contribution in [-0.4, -0.2) is 29.8 Å². The van der Waals surface area contributed by atoms with Crippen LogP contribution in [0.1, 0.15) is 44.4 Å². The number of halogens is 3. The molecule has 0 bridgehead atoms. The molecule has 0 amide bonds. The molecule has 0 aliphatic carbocycles. The second-order valence-electron chi connectivity index (χ2n) is 7.52. The summed E-state index contributed by atoms with van der Waals surface area (Å²) < 4.78 is 37.6. The van der Waals surface area contributed by atoms with Crippen molar-refractivity contribution in [2.24, 2.45) is 11.7 Å². The van der Waals surface area contributed by atoms with Crippen LogP contribution in [0.2, 0.25) is 0 Å². The molecule has 2 aromatic rings. The van der Waals surface area contributed by atoms with Gasteiger partial charge in [0.2, 0.25) is 0 Å². The van der Waals surface area contributed by atoms with Crippen LogP contribution in [0.25, 0.3) is 0 Å². The molecule has 0 saturated heterocycles. The highest BCUT2D eigenvalue weighted by Crippen LogP contribution is 2.19. The molecule has 0 aliphatic rings. The fourth-order valence-corrected chi connectivity index (χ4v) is 2.51. The molecule has 0 saturated carbocycles. The molecular weight excluding hydrogens is 409 g/mol. The van der Waals surface area contributed by atoms with Gasteiger partial charge in [-0.25, -0.2) is 4.79 Å². The number of nitrogens with one attached hydrogen (secondary N) is 1. The van der Waals surface area contributed by atoms with Gasteiger partial charge >= 0.3 is 12.1 Å². The van der Waals surface area contributed by atoms with Crippen molar-refractivity contribution in [2.45, 2.75) is 52.1 Å². The number of rotatable bonds is 9. The molecule has 31 heavy (non-hydrogen) atoms. The number of carboxylic acid groups (broad SMARTS) is 1. The molecule has 0 radical (unpaired) electrons. The normalized spacial score (nSPS) is 13.2. The Bertz CT molecular complexity index is 766. The van der Waals surface area contributed by atoms with E-state index >= 15 is 0 Å². The molecule has 0 spiro atoms. The molecule has 4 N–H and O–H groups in total. The first-order chi connectivity index (χ1) is 14.5. The second-order valence-corrected chi connectivity index (χ2v) is 7.52. The number of hydrogen-bond acceptors (Lipinski definition) is 4. The summed E-state index contributed by atoms with van der Waals surface area (Å²) in [7, 11) is 0. The minimum atomic E-state index is -5.08. The molecular formula is C23H31F3N2O3. The highest BCUT2D eigenvalue weighted by molar-refractivity contribution is 5.73. The monoisotopic (exact) mass is 440 g/mol. The number of carbonyl (C=O) groups is 1. The van der Waals surface area contributed by atoms with Gasteiger partial charge in [-0.15, -0.1) is 0 Å². The van der Waals surface area contributed by atoms with Crippen molar-refractivity contribution in [3.63, 3.8) is 0 Å². The van der Waals surface area contributed by atoms with Gasteiger partial charge in [-0.1, -0.05) is 56.3 Å². The van der Waals surface area contributed by atoms with Crippen LogP contribution in [-0.2, 0) is 11.4 Å². The number of carboxylic acids is 1. The third kappa shape index (κ3) is 10.8. The first-order valence-electron chi connectivity index (χ1n) is 10.1. The van der Waals surface area contributed by atoms with Crippen molar-refractivity contribution in [1.82, 2.24) is 5.32 Å². The molecule has 172 valence electrons. The van der Waals surface area contributed by atoms with Gasteiger partial charge in [-0.3, -0.25) is 0 Å². The average Bonchev–Trinajstić information content (AvgIpc) is 2.73. The average molecular weight is 441 g/mol. The smallest absolute Gasteiger partial charge is 0.489 e. The number of aliphatic carboxylic acids is 1. The predicted molar refractivity (Wildman–Crippen MR) is 115 cm³/mol. The maximum absolute atomic E-state index is 10.6. The fourth-order valence-electron chi connectivity index (χ4n) is 2.51. The van der Waals surface area contributed by atoms with E-state index in [2.05, 4.69) is 50.4 Å². The van der Waals surface area contributed by atoms with Gasteiger partial charge in [-0.2, -0.15) is 13.2 Å². The van der Waals surface area contributed by atoms with Crippen LogP contribution in [0, 0.1) is 5.92 Å². The Labute approximate surface area is 181 Å². The third-order valence-electron chi connectivity index (χ3n) is 4.66. The topological polar surface area (TPSA) is 84.6 Å². The van der Waals surface area contributed by atoms with E-state index in [0.717, 1.165) is 18.7 Å². The predicted octanol–water partition coefficient (Wildman–Crippen LogP) is 4.92. The SMILES string of the molecule is CC(NCC[C@@H](N)C(C)C)c1ccc(OCc2ccccc2)cc1.O=C(O)C(F)(F)F. The van der Waals surface area contributed by atoms with Crippen LogP contribution in [0.3, 0.4) is 0 Å². The van der Waals surface area contributed by atoms with Crippen molar-refractivity contribution in [3.8, 4) is 5.75 Å². The molecule has 0 fully saturated rings. The molecule has 0 heterocycles. The standard InChI is InChI=1S/C21H30N2O.C2HF3O2/c1-16(2)21(22)13-14-23-17(3)19-9-11-20(12-10-19)24-15-18-7-5-4-6-8-18;3-2(4,5)1(6)7/h4-12,16-17,21,23H,13-15,22H2,1-3H3;(H,6,7)/t17?,21-;/m1./s1. The van der Waals surface area contributed by atoms with Crippen molar-refractivity contribution >= 4 is 5.97 Å². The Morgan fingerprint density at radius 3 is 2.10 bits per heavy atom. The fraction of sp³-hybridized carbons (Fsp3) is 0.435. The Hall–Kier alpha value is -2.58. The lowest BCUT2D eigenvalue weighted by Gasteiger charge is -2.19. The molecule has 0 aliphatic heterocycles. The van der Waals surface area contributed by atoms with Crippen LogP contribution < -0.4 is 15.8 Å².